The van der Waals surface area contributed by atoms with E-state index >= 15 is 0 Å². The lowest BCUT2D eigenvalue weighted by Gasteiger charge is -2.07. The average molecular weight is 354 g/mol. The Morgan fingerprint density at radius 3 is 2.58 bits per heavy atom. The molecule has 0 fully saturated rings. The van der Waals surface area contributed by atoms with Crippen molar-refractivity contribution in [1.29, 1.82) is 0 Å². The molecule has 0 aliphatic heterocycles. The molecule has 0 atom stereocenters. The van der Waals surface area contributed by atoms with Gasteiger partial charge in [-0.3, -0.25) is 9.59 Å². The Hall–Kier alpha value is -3.35. The van der Waals surface area contributed by atoms with Crippen molar-refractivity contribution in [3.05, 3.63) is 47.3 Å². The average Bonchev–Trinajstić information content (AvgIpc) is 3.09. The summed E-state index contributed by atoms with van der Waals surface area (Å²) in [6.07, 6.45) is 0. The molecule has 134 valence electrons. The van der Waals surface area contributed by atoms with E-state index in [1.54, 1.807) is 13.0 Å². The van der Waals surface area contributed by atoms with Crippen molar-refractivity contribution < 1.29 is 23.8 Å². The van der Waals surface area contributed by atoms with E-state index in [0.29, 0.717) is 22.4 Å². The summed E-state index contributed by atoms with van der Waals surface area (Å²) in [4.78, 5) is 27.5. The Bertz CT molecular complexity index is 989. The first-order valence-corrected chi connectivity index (χ1v) is 7.96. The number of nitrogens with zero attached hydrogens (tertiary/aromatic N) is 1. The second-order valence-corrected chi connectivity index (χ2v) is 5.87. The van der Waals surface area contributed by atoms with E-state index in [4.69, 9.17) is 4.42 Å². The van der Waals surface area contributed by atoms with Crippen LogP contribution in [0, 0.1) is 13.8 Å². The summed E-state index contributed by atoms with van der Waals surface area (Å²) < 4.78 is 10.3. The number of hydrogen-bond donors (Lipinski definition) is 2. The number of aryl methyl sites for hydroxylation is 2. The van der Waals surface area contributed by atoms with Gasteiger partial charge in [0.15, 0.2) is 17.0 Å². The van der Waals surface area contributed by atoms with Crippen LogP contribution in [0.3, 0.4) is 0 Å². The fourth-order valence-corrected chi connectivity index (χ4v) is 2.56. The van der Waals surface area contributed by atoms with E-state index < -0.39 is 11.9 Å². The molecular formula is C19H18N2O5. The number of benzene rings is 1. The van der Waals surface area contributed by atoms with E-state index in [1.165, 1.54) is 7.11 Å². The van der Waals surface area contributed by atoms with E-state index in [-0.39, 0.29) is 18.0 Å². The molecule has 0 aliphatic rings. The molecule has 1 aromatic carbocycles. The van der Waals surface area contributed by atoms with Crippen molar-refractivity contribution in [2.24, 2.45) is 0 Å². The minimum Gasteiger partial charge on any atom is -0.505 e. The third-order valence-corrected chi connectivity index (χ3v) is 3.99. The van der Waals surface area contributed by atoms with Crippen LogP contribution >= 0.6 is 0 Å². The fourth-order valence-electron chi connectivity index (χ4n) is 2.56. The highest BCUT2D eigenvalue weighted by atomic mass is 16.5. The molecule has 1 amide bonds. The molecule has 3 aromatic rings. The van der Waals surface area contributed by atoms with Crippen LogP contribution in [0.15, 0.2) is 34.7 Å². The van der Waals surface area contributed by atoms with Crippen molar-refractivity contribution in [2.75, 3.05) is 13.7 Å². The number of rotatable bonds is 4. The zero-order chi connectivity index (χ0) is 18.8. The summed E-state index contributed by atoms with van der Waals surface area (Å²) in [5, 5.41) is 13.2. The molecule has 2 aromatic heterocycles. The van der Waals surface area contributed by atoms with Crippen molar-refractivity contribution in [1.82, 2.24) is 10.3 Å². The van der Waals surface area contributed by atoms with Gasteiger partial charge in [0.25, 0.3) is 5.91 Å². The topological polar surface area (TPSA) is 102 Å². The van der Waals surface area contributed by atoms with Crippen molar-refractivity contribution >= 4 is 22.8 Å². The first-order chi connectivity index (χ1) is 12.4. The second-order valence-electron chi connectivity index (χ2n) is 5.87. The van der Waals surface area contributed by atoms with Gasteiger partial charge in [0.05, 0.1) is 18.2 Å². The minimum absolute atomic E-state index is 0.171. The van der Waals surface area contributed by atoms with Gasteiger partial charge in [0.2, 0.25) is 0 Å². The lowest BCUT2D eigenvalue weighted by molar-refractivity contribution is -0.139. The van der Waals surface area contributed by atoms with E-state index in [9.17, 15) is 14.7 Å². The third kappa shape index (κ3) is 3.23. The van der Waals surface area contributed by atoms with Gasteiger partial charge >= 0.3 is 5.97 Å². The largest absolute Gasteiger partial charge is 0.505 e. The highest BCUT2D eigenvalue weighted by molar-refractivity contribution is 6.02. The van der Waals surface area contributed by atoms with Crippen LogP contribution in [0.5, 0.6) is 5.75 Å². The Morgan fingerprint density at radius 2 is 1.92 bits per heavy atom. The predicted molar refractivity (Wildman–Crippen MR) is 94.9 cm³/mol. The quantitative estimate of drug-likeness (QED) is 0.699. The molecule has 0 unspecified atom stereocenters. The zero-order valence-corrected chi connectivity index (χ0v) is 14.6. The highest BCUT2D eigenvalue weighted by Gasteiger charge is 2.21. The number of nitrogens with one attached hydrogen (secondary N) is 1. The molecule has 7 heteroatoms. The molecule has 0 bridgehead atoms. The predicted octanol–water partition coefficient (Wildman–Crippen LogP) is 2.72. The molecule has 2 heterocycles. The smallest absolute Gasteiger partial charge is 0.325 e. The van der Waals surface area contributed by atoms with Crippen LogP contribution < -0.4 is 5.32 Å². The summed E-state index contributed by atoms with van der Waals surface area (Å²) in [6, 6.07) is 9.41. The molecule has 3 rings (SSSR count). The van der Waals surface area contributed by atoms with Gasteiger partial charge < -0.3 is 19.6 Å². The maximum absolute atomic E-state index is 12.2. The first kappa shape index (κ1) is 17.5. The fraction of sp³-hybridized carbons (Fsp3) is 0.211. The highest BCUT2D eigenvalue weighted by Crippen LogP contribution is 2.35. The van der Waals surface area contributed by atoms with E-state index in [1.807, 2.05) is 31.2 Å². The summed E-state index contributed by atoms with van der Waals surface area (Å²) in [7, 11) is 1.22. The minimum atomic E-state index is -0.670. The number of ether oxygens (including phenoxy) is 1. The van der Waals surface area contributed by atoms with Gasteiger partial charge in [-0.1, -0.05) is 29.8 Å². The molecule has 26 heavy (non-hydrogen) atoms. The summed E-state index contributed by atoms with van der Waals surface area (Å²) in [5.41, 5.74) is 2.66. The van der Waals surface area contributed by atoms with Crippen LogP contribution in [-0.2, 0) is 9.53 Å². The van der Waals surface area contributed by atoms with Crippen LogP contribution in [0.1, 0.15) is 21.7 Å². The number of hydrogen-bond acceptors (Lipinski definition) is 6. The SMILES string of the molecule is COC(=O)CNC(=O)c1nc(C)c2oc(-c3ccc(C)cc3)cc2c1O. The number of carbonyl (C=O) groups is 2. The Balaban J connectivity index is 2.00. The van der Waals surface area contributed by atoms with Gasteiger partial charge in [0.1, 0.15) is 12.3 Å². The van der Waals surface area contributed by atoms with Crippen LogP contribution in [0.4, 0.5) is 0 Å². The van der Waals surface area contributed by atoms with Gasteiger partial charge in [-0.15, -0.1) is 0 Å². The molecule has 7 nitrogen and oxygen atoms in total. The molecule has 2 N–H and O–H groups in total. The third-order valence-electron chi connectivity index (χ3n) is 3.99. The van der Waals surface area contributed by atoms with Crippen molar-refractivity contribution in [3.8, 4) is 17.1 Å². The number of methoxy groups -OCH3 is 1. The van der Waals surface area contributed by atoms with Gasteiger partial charge in [-0.2, -0.15) is 0 Å². The first-order valence-electron chi connectivity index (χ1n) is 7.96. The molecule has 0 aliphatic carbocycles. The van der Waals surface area contributed by atoms with Crippen LogP contribution in [0.25, 0.3) is 22.3 Å². The Morgan fingerprint density at radius 1 is 1.23 bits per heavy atom. The molecule has 0 radical (unpaired) electrons. The summed E-state index contributed by atoms with van der Waals surface area (Å²) in [5.74, 6) is -1.00. The maximum atomic E-state index is 12.2. The second kappa shape index (κ2) is 6.87. The lowest BCUT2D eigenvalue weighted by atomic mass is 10.1. The zero-order valence-electron chi connectivity index (χ0n) is 14.6. The number of carbonyl (C=O) groups excluding carboxylic acids is 2. The van der Waals surface area contributed by atoms with Gasteiger partial charge in [-0.05, 0) is 19.9 Å². The molecule has 0 spiro atoms. The van der Waals surface area contributed by atoms with E-state index in [2.05, 4.69) is 15.0 Å². The Labute approximate surface area is 149 Å². The number of fused-ring (bicyclic) bond motifs is 1. The summed E-state index contributed by atoms with van der Waals surface area (Å²) in [6.45, 7) is 3.36. The lowest BCUT2D eigenvalue weighted by Crippen LogP contribution is -2.30. The van der Waals surface area contributed by atoms with Crippen LogP contribution in [0.2, 0.25) is 0 Å². The maximum Gasteiger partial charge on any atom is 0.325 e. The van der Waals surface area contributed by atoms with Crippen molar-refractivity contribution in [2.45, 2.75) is 13.8 Å². The number of esters is 1. The Kier molecular flexibility index (Phi) is 4.62. The van der Waals surface area contributed by atoms with Gasteiger partial charge in [0, 0.05) is 5.56 Å². The number of aromatic nitrogens is 1. The number of pyridine rings is 1. The van der Waals surface area contributed by atoms with Gasteiger partial charge in [-0.25, -0.2) is 4.98 Å². The summed E-state index contributed by atoms with van der Waals surface area (Å²) >= 11 is 0. The normalized spacial score (nSPS) is 10.7. The van der Waals surface area contributed by atoms with Crippen molar-refractivity contribution in [3.63, 3.8) is 0 Å². The standard InChI is InChI=1S/C19H18N2O5/c1-10-4-6-12(7-5-10)14-8-13-17(23)16(21-11(2)18(13)26-14)19(24)20-9-15(22)25-3/h4-8,23H,9H2,1-3H3,(H,20,24). The monoisotopic (exact) mass is 354 g/mol. The number of furan rings is 1. The molecule has 0 saturated heterocycles. The number of aromatic hydroxyl groups is 1. The van der Waals surface area contributed by atoms with E-state index in [0.717, 1.165) is 11.1 Å². The number of amides is 1. The molecular weight excluding hydrogens is 336 g/mol. The molecule has 0 saturated carbocycles. The van der Waals surface area contributed by atoms with Crippen LogP contribution in [-0.4, -0.2) is 35.6 Å².